The number of rotatable bonds is 0. The normalized spacial score (nSPS) is 8.82. The van der Waals surface area contributed by atoms with Gasteiger partial charge in [-0.2, -0.15) is 0 Å². The van der Waals surface area contributed by atoms with Crippen molar-refractivity contribution in [3.05, 3.63) is 35.8 Å². The maximum absolute atomic E-state index is 4.33. The fourth-order valence-electron chi connectivity index (χ4n) is 1.38. The Hall–Kier alpha value is -1.44. The molecule has 0 aliphatic carbocycles. The van der Waals surface area contributed by atoms with Crippen molar-refractivity contribution < 1.29 is 0 Å². The quantitative estimate of drug-likeness (QED) is 0.658. The molecule has 0 amide bonds. The number of fused-ring (bicyclic) bond motifs is 1. The van der Waals surface area contributed by atoms with E-state index in [-0.39, 0.29) is 0 Å². The summed E-state index contributed by atoms with van der Waals surface area (Å²) in [5, 5.41) is 1.14. The molecule has 1 aromatic carbocycles. The maximum atomic E-state index is 4.33. The van der Waals surface area contributed by atoms with E-state index >= 15 is 0 Å². The topological polar surface area (TPSA) is 25.8 Å². The molecule has 0 radical (unpaired) electrons. The first-order chi connectivity index (χ1) is 8.19. The standard InChI is InChI=1S/C10H10N2.C3H8.C2H6/c1-7-9-5-3-4-6-10(9)12-8(2)11-7;1-3-2;1-2/h3-6H,1-2H3;3H2,1-2H3;1-2H3. The highest BCUT2D eigenvalue weighted by atomic mass is 14.9. The van der Waals surface area contributed by atoms with Gasteiger partial charge in [0.2, 0.25) is 0 Å². The van der Waals surface area contributed by atoms with Crippen LogP contribution in [0.2, 0.25) is 0 Å². The van der Waals surface area contributed by atoms with E-state index in [1.54, 1.807) is 0 Å². The summed E-state index contributed by atoms with van der Waals surface area (Å²) < 4.78 is 0. The van der Waals surface area contributed by atoms with E-state index in [4.69, 9.17) is 0 Å². The van der Waals surface area contributed by atoms with Gasteiger partial charge in [0, 0.05) is 11.1 Å². The van der Waals surface area contributed by atoms with Gasteiger partial charge in [-0.3, -0.25) is 0 Å². The summed E-state index contributed by atoms with van der Waals surface area (Å²) in [5.41, 5.74) is 2.08. The van der Waals surface area contributed by atoms with Crippen molar-refractivity contribution >= 4 is 10.9 Å². The second-order valence-corrected chi connectivity index (χ2v) is 3.58. The molecule has 0 fully saturated rings. The Balaban J connectivity index is 0.000000450. The molecule has 0 atom stereocenters. The predicted molar refractivity (Wildman–Crippen MR) is 76.3 cm³/mol. The van der Waals surface area contributed by atoms with Crippen LogP contribution in [0.15, 0.2) is 24.3 Å². The molecule has 2 aromatic rings. The lowest BCUT2D eigenvalue weighted by atomic mass is 10.2. The third kappa shape index (κ3) is 4.94. The van der Waals surface area contributed by atoms with Gasteiger partial charge in [0.15, 0.2) is 0 Å². The molecule has 2 nitrogen and oxygen atoms in total. The monoisotopic (exact) mass is 232 g/mol. The summed E-state index contributed by atoms with van der Waals surface area (Å²) in [6, 6.07) is 8.06. The van der Waals surface area contributed by atoms with Crippen molar-refractivity contribution in [2.45, 2.75) is 48.0 Å². The van der Waals surface area contributed by atoms with Crippen LogP contribution in [-0.4, -0.2) is 9.97 Å². The zero-order chi connectivity index (χ0) is 13.3. The Morgan fingerprint density at radius 2 is 1.47 bits per heavy atom. The molecule has 0 aliphatic heterocycles. The molecule has 0 aliphatic rings. The van der Waals surface area contributed by atoms with Crippen molar-refractivity contribution in [1.29, 1.82) is 0 Å². The first-order valence-corrected chi connectivity index (χ1v) is 6.39. The summed E-state index contributed by atoms with van der Waals surface area (Å²) in [5.74, 6) is 0.839. The molecule has 0 N–H and O–H groups in total. The molecule has 1 heterocycles. The number of hydrogen-bond acceptors (Lipinski definition) is 2. The lowest BCUT2D eigenvalue weighted by Gasteiger charge is -2.00. The van der Waals surface area contributed by atoms with Crippen molar-refractivity contribution in [3.8, 4) is 0 Å². The van der Waals surface area contributed by atoms with Crippen LogP contribution in [0.1, 0.15) is 45.6 Å². The summed E-state index contributed by atoms with van der Waals surface area (Å²) in [6.45, 7) is 12.2. The first kappa shape index (κ1) is 15.6. The van der Waals surface area contributed by atoms with Gasteiger partial charge in [0.1, 0.15) is 5.82 Å². The summed E-state index contributed by atoms with van der Waals surface area (Å²) in [4.78, 5) is 8.62. The van der Waals surface area contributed by atoms with Crippen LogP contribution in [0, 0.1) is 13.8 Å². The molecular weight excluding hydrogens is 208 g/mol. The van der Waals surface area contributed by atoms with Crippen LogP contribution in [-0.2, 0) is 0 Å². The lowest BCUT2D eigenvalue weighted by Crippen LogP contribution is -1.92. The van der Waals surface area contributed by atoms with Crippen molar-refractivity contribution in [2.24, 2.45) is 0 Å². The zero-order valence-electron chi connectivity index (χ0n) is 11.9. The average molecular weight is 232 g/mol. The smallest absolute Gasteiger partial charge is 0.126 e. The third-order valence-electron chi connectivity index (χ3n) is 1.91. The predicted octanol–water partition coefficient (Wildman–Crippen LogP) is 4.69. The van der Waals surface area contributed by atoms with Crippen LogP contribution in [0.4, 0.5) is 0 Å². The van der Waals surface area contributed by atoms with E-state index in [9.17, 15) is 0 Å². The molecule has 0 spiro atoms. The number of benzene rings is 1. The van der Waals surface area contributed by atoms with Crippen LogP contribution in [0.25, 0.3) is 10.9 Å². The fraction of sp³-hybridized carbons (Fsp3) is 0.467. The fourth-order valence-corrected chi connectivity index (χ4v) is 1.38. The zero-order valence-corrected chi connectivity index (χ0v) is 11.9. The molecular formula is C15H24N2. The number of aromatic nitrogens is 2. The first-order valence-electron chi connectivity index (χ1n) is 6.39. The van der Waals surface area contributed by atoms with Gasteiger partial charge in [0.25, 0.3) is 0 Å². The number of hydrogen-bond donors (Lipinski definition) is 0. The van der Waals surface area contributed by atoms with Crippen LogP contribution >= 0.6 is 0 Å². The van der Waals surface area contributed by atoms with Crippen molar-refractivity contribution in [1.82, 2.24) is 9.97 Å². The minimum atomic E-state index is 0.839. The molecule has 1 aromatic heterocycles. The van der Waals surface area contributed by atoms with Crippen LogP contribution < -0.4 is 0 Å². The van der Waals surface area contributed by atoms with Gasteiger partial charge in [-0.05, 0) is 19.9 Å². The molecule has 0 saturated heterocycles. The molecule has 0 unspecified atom stereocenters. The van der Waals surface area contributed by atoms with E-state index in [0.29, 0.717) is 0 Å². The Morgan fingerprint density at radius 1 is 0.941 bits per heavy atom. The van der Waals surface area contributed by atoms with Gasteiger partial charge >= 0.3 is 0 Å². The summed E-state index contributed by atoms with van der Waals surface area (Å²) in [7, 11) is 0. The van der Waals surface area contributed by atoms with E-state index in [2.05, 4.69) is 23.8 Å². The van der Waals surface area contributed by atoms with Crippen molar-refractivity contribution in [3.63, 3.8) is 0 Å². The van der Waals surface area contributed by atoms with E-state index in [0.717, 1.165) is 22.4 Å². The Morgan fingerprint density at radius 3 is 2.06 bits per heavy atom. The molecule has 17 heavy (non-hydrogen) atoms. The molecule has 2 rings (SSSR count). The molecule has 94 valence electrons. The van der Waals surface area contributed by atoms with Gasteiger partial charge in [-0.15, -0.1) is 0 Å². The van der Waals surface area contributed by atoms with Gasteiger partial charge in [-0.1, -0.05) is 52.3 Å². The Labute approximate surface area is 105 Å². The van der Waals surface area contributed by atoms with E-state index < -0.39 is 0 Å². The number of aryl methyl sites for hydroxylation is 2. The minimum absolute atomic E-state index is 0.839. The SMILES string of the molecule is CC.CCC.Cc1nc(C)c2ccccc2n1. The minimum Gasteiger partial charge on any atom is -0.238 e. The lowest BCUT2D eigenvalue weighted by molar-refractivity contribution is 1.05. The molecule has 2 heteroatoms. The highest BCUT2D eigenvalue weighted by Gasteiger charge is 1.98. The largest absolute Gasteiger partial charge is 0.238 e. The van der Waals surface area contributed by atoms with Gasteiger partial charge < -0.3 is 0 Å². The van der Waals surface area contributed by atoms with Gasteiger partial charge in [-0.25, -0.2) is 9.97 Å². The Bertz CT molecular complexity index is 436. The van der Waals surface area contributed by atoms with E-state index in [1.807, 2.05) is 52.0 Å². The number of para-hydroxylation sites is 1. The third-order valence-corrected chi connectivity index (χ3v) is 1.91. The average Bonchev–Trinajstić information content (AvgIpc) is 2.32. The van der Waals surface area contributed by atoms with E-state index in [1.165, 1.54) is 6.42 Å². The van der Waals surface area contributed by atoms with Crippen molar-refractivity contribution in [2.75, 3.05) is 0 Å². The maximum Gasteiger partial charge on any atom is 0.126 e. The number of nitrogens with zero attached hydrogens (tertiary/aromatic N) is 2. The van der Waals surface area contributed by atoms with Crippen LogP contribution in [0.5, 0.6) is 0 Å². The highest BCUT2D eigenvalue weighted by molar-refractivity contribution is 5.80. The second kappa shape index (κ2) is 8.68. The second-order valence-electron chi connectivity index (χ2n) is 3.58. The van der Waals surface area contributed by atoms with Crippen LogP contribution in [0.3, 0.4) is 0 Å². The van der Waals surface area contributed by atoms with Gasteiger partial charge in [0.05, 0.1) is 5.52 Å². The highest BCUT2D eigenvalue weighted by Crippen LogP contribution is 2.13. The molecule has 0 bridgehead atoms. The Kier molecular flexibility index (Phi) is 7.95. The summed E-state index contributed by atoms with van der Waals surface area (Å²) >= 11 is 0. The molecule has 0 saturated carbocycles. The summed E-state index contributed by atoms with van der Waals surface area (Å²) in [6.07, 6.45) is 1.25.